The molecule has 20 rings (SSSR count). The summed E-state index contributed by atoms with van der Waals surface area (Å²) in [5, 5.41) is 38.0. The molecule has 8 aliphatic heterocycles. The van der Waals surface area contributed by atoms with E-state index in [2.05, 4.69) is 126 Å². The van der Waals surface area contributed by atoms with Crippen molar-refractivity contribution in [2.45, 2.75) is 22.2 Å². The van der Waals surface area contributed by atoms with Crippen molar-refractivity contribution in [1.82, 2.24) is 62.1 Å². The summed E-state index contributed by atoms with van der Waals surface area (Å²) in [6.07, 6.45) is 0. The first-order valence-electron chi connectivity index (χ1n) is 46.0. The number of amides is 16. The van der Waals surface area contributed by atoms with E-state index >= 15 is 0 Å². The Morgan fingerprint density at radius 2 is 0.466 bits per heavy atom. The average Bonchev–Trinajstić information content (AvgIpc) is 0.740. The Bertz CT molecular complexity index is 6750. The molecule has 12 aromatic rings. The van der Waals surface area contributed by atoms with Gasteiger partial charge in [0.25, 0.3) is 52.9 Å². The number of nitro groups is 1. The SMILES string of the molecule is N#[N+]c1ccc(N2CCN(C3(c4ccc(Oc5ccc(Br)cc5)cc4)C(=O)NC(=O)NC3=O)CC2)cc1.Nc1ccc(N2CCN(C3(c4ccc(Oc5ccc(Br)cc5)cc4)C(=O)NC(=O)NC3=O)CC2)cc1.O=C1NC(=O)C(c2ccc(Oc3ccc(Br)cc3)cc2)(N2CCN(c3ccc([18F])cc3)CC2)C(=O)N1.O=C1NC(=O)C(c2ccc(Oc3ccc(Br)cc3)cc2)(N2CCN(c3ccc([N+](=O)[O-])cc3)CC2)C(=O)N1.[18F-]. The zero-order chi connectivity index (χ0) is 103. The third-order valence-corrected chi connectivity index (χ3v) is 28.1. The number of ether oxygens (including phenoxy) is 4. The van der Waals surface area contributed by atoms with Gasteiger partial charge in [-0.3, -0.25) is 111 Å². The van der Waals surface area contributed by atoms with Crippen LogP contribution in [0.15, 0.2) is 309 Å². The lowest BCUT2D eigenvalue weighted by atomic mass is 9.84. The summed E-state index contributed by atoms with van der Waals surface area (Å²) in [5.41, 5.74) is 5.36. The van der Waals surface area contributed by atoms with Crippen LogP contribution in [-0.2, 0) is 60.5 Å². The number of nitrogen functional groups attached to an aromatic ring is 1. The number of urea groups is 4. The number of imide groups is 8. The number of nitrogens with zero attached hydrogens (tertiary/aromatic N) is 11. The molecule has 8 fully saturated rings. The maximum absolute atomic E-state index is 13.3. The molecular weight excluding hydrogens is 2170 g/mol. The number of non-ortho nitro benzene ring substituents is 1. The van der Waals surface area contributed by atoms with Gasteiger partial charge >= 0.3 is 29.8 Å². The van der Waals surface area contributed by atoms with Crippen LogP contribution in [0.2, 0.25) is 0 Å². The third-order valence-electron chi connectivity index (χ3n) is 26.0. The lowest BCUT2D eigenvalue weighted by molar-refractivity contribution is -0.384. The van der Waals surface area contributed by atoms with Crippen molar-refractivity contribution in [3.05, 3.63) is 352 Å². The predicted molar refractivity (Wildman–Crippen MR) is 553 cm³/mol. The molecule has 8 saturated heterocycles. The molecule has 44 heteroatoms. The van der Waals surface area contributed by atoms with Crippen molar-refractivity contribution < 1.29 is 90.5 Å². The van der Waals surface area contributed by atoms with Crippen LogP contribution in [0, 0.1) is 21.3 Å². The lowest BCUT2D eigenvalue weighted by Crippen LogP contribution is -3.00. The number of piperazine rings is 4. The van der Waals surface area contributed by atoms with E-state index < -0.39 is 98.5 Å². The standard InChI is InChI=1S/C26H22BrFN4O4.C26H21BrN6O4.C26H22BrN5O6.C26H24BrN5O4.FH/c27-18-3-11-22(12-4-18)36-21-9-1-17(2-10-21)26(23(33)29-25(35)30-24(26)34)32-15-13-31(14-16-32)20-7-5-19(28)6-8-20;27-18-3-11-22(12-4-18)37-21-9-1-17(2-10-21)26(23(34)29-25(36)30-24(26)35)33-15-13-32(14-16-33)20-7-5-19(31-28)6-8-20;27-18-3-11-22(12-4-18)38-21-9-1-17(2-10-21)26(23(33)28-25(35)29-24(26)34)31-15-13-30(14-16-31)19-5-7-20(8-6-19)32(36)37;27-18-3-11-22(12-4-18)36-21-9-1-17(2-10-21)26(23(33)29-25(35)30-24(26)34)32-15-13-31(14-16-32)20-7-5-19(28)6-8-20;/h1-12H,13-16H2,(H2,29,30,33,34,35);1-12H,13-16H2,(H-,29,30,34,35,36);1-12H,13-16H2,(H2,28,29,33,34,35);1-12H,13-16,28H2,(H2,29,30,33,34,35);1H/i28-1;;;;1-1. The molecule has 0 radical (unpaired) electrons. The van der Waals surface area contributed by atoms with E-state index in [9.17, 15) is 72.0 Å². The number of carbonyl (C=O) groups excluding carboxylic acids is 12. The highest BCUT2D eigenvalue weighted by atomic mass is 79.9. The van der Waals surface area contributed by atoms with Gasteiger partial charge in [-0.05, 0) is 241 Å². The van der Waals surface area contributed by atoms with Gasteiger partial charge in [0.15, 0.2) is 4.98 Å². The molecule has 756 valence electrons. The van der Waals surface area contributed by atoms with Gasteiger partial charge in [0.1, 0.15) is 51.8 Å². The van der Waals surface area contributed by atoms with Gasteiger partial charge in [0, 0.05) is 175 Å². The number of diazo groups is 1. The van der Waals surface area contributed by atoms with E-state index in [-0.39, 0.29) is 16.2 Å². The zero-order valence-electron chi connectivity index (χ0n) is 78.1. The number of benzene rings is 12. The molecule has 0 bridgehead atoms. The van der Waals surface area contributed by atoms with Crippen molar-refractivity contribution in [3.63, 3.8) is 0 Å². The molecule has 8 heterocycles. The van der Waals surface area contributed by atoms with Gasteiger partial charge in [-0.1, -0.05) is 112 Å². The number of halogens is 6. The highest BCUT2D eigenvalue weighted by molar-refractivity contribution is 9.11. The minimum absolute atomic E-state index is 0. The Labute approximate surface area is 877 Å². The second kappa shape index (κ2) is 45.6. The number of carbonyl (C=O) groups is 12. The molecule has 38 nitrogen and oxygen atoms in total. The molecule has 0 aliphatic carbocycles. The fourth-order valence-electron chi connectivity index (χ4n) is 18.7. The quantitative estimate of drug-likeness (QED) is 0.0106. The first kappa shape index (κ1) is 105. The molecule has 0 unspecified atom stereocenters. The van der Waals surface area contributed by atoms with Crippen LogP contribution in [0.1, 0.15) is 22.3 Å². The van der Waals surface area contributed by atoms with Gasteiger partial charge in [0.2, 0.25) is 27.5 Å². The monoisotopic (exact) mass is 2260 g/mol. The molecule has 148 heavy (non-hydrogen) atoms. The summed E-state index contributed by atoms with van der Waals surface area (Å²) >= 11 is 13.6. The molecule has 0 atom stereocenters. The van der Waals surface area contributed by atoms with Gasteiger partial charge in [-0.25, -0.2) is 23.6 Å². The van der Waals surface area contributed by atoms with Crippen molar-refractivity contribution in [2.24, 2.45) is 0 Å². The molecular formula is C104H90Br4F2N20O18. The average molecular weight is 2260 g/mol. The van der Waals surface area contributed by atoms with Crippen LogP contribution in [0.25, 0.3) is 4.98 Å². The first-order chi connectivity index (χ1) is 70.9. The van der Waals surface area contributed by atoms with Crippen LogP contribution >= 0.6 is 63.7 Å². The third kappa shape index (κ3) is 22.4. The maximum Gasteiger partial charge on any atom is 0.385 e. The van der Waals surface area contributed by atoms with Gasteiger partial charge in [-0.2, -0.15) is 0 Å². The molecule has 12 aromatic carbocycles. The predicted octanol–water partition coefficient (Wildman–Crippen LogP) is 11.6. The van der Waals surface area contributed by atoms with E-state index in [1.165, 1.54) is 24.3 Å². The van der Waals surface area contributed by atoms with Gasteiger partial charge in [0.05, 0.1) is 4.92 Å². The second-order valence-electron chi connectivity index (χ2n) is 34.5. The number of barbiturate groups is 4. The van der Waals surface area contributed by atoms with E-state index in [4.69, 9.17) is 30.1 Å². The van der Waals surface area contributed by atoms with E-state index in [1.54, 1.807) is 160 Å². The number of nitro benzene ring substituents is 1. The van der Waals surface area contributed by atoms with Crippen molar-refractivity contribution in [2.75, 3.05) is 130 Å². The van der Waals surface area contributed by atoms with Crippen molar-refractivity contribution in [1.29, 1.82) is 5.39 Å². The summed E-state index contributed by atoms with van der Waals surface area (Å²) in [4.78, 5) is 183. The summed E-state index contributed by atoms with van der Waals surface area (Å²) in [6.45, 7) is 7.18. The largest absolute Gasteiger partial charge is 1.00 e. The van der Waals surface area contributed by atoms with Crippen LogP contribution in [0.4, 0.5) is 63.4 Å². The van der Waals surface area contributed by atoms with E-state index in [1.807, 2.05) is 131 Å². The van der Waals surface area contributed by atoms with Crippen molar-refractivity contribution in [3.8, 4) is 46.0 Å². The first-order valence-corrected chi connectivity index (χ1v) is 49.2. The van der Waals surface area contributed by atoms with Gasteiger partial charge in [-0.15, -0.1) is 0 Å². The molecule has 10 N–H and O–H groups in total. The zero-order valence-corrected chi connectivity index (χ0v) is 84.5. The molecule has 0 aromatic heterocycles. The lowest BCUT2D eigenvalue weighted by Gasteiger charge is -2.47. The Kier molecular flexibility index (Phi) is 32.2. The number of hydrogen-bond acceptors (Lipinski definition) is 28. The molecule has 0 saturated carbocycles. The van der Waals surface area contributed by atoms with Gasteiger partial charge < -0.3 is 49.0 Å². The molecule has 8 aliphatic rings. The summed E-state index contributed by atoms with van der Waals surface area (Å²) < 4.78 is 40.6. The summed E-state index contributed by atoms with van der Waals surface area (Å²) in [6, 6.07) is 80.0. The number of nitrogens with two attached hydrogens (primary N) is 1. The fourth-order valence-corrected chi connectivity index (χ4v) is 19.7. The highest BCUT2D eigenvalue weighted by Gasteiger charge is 2.61. The number of hydrogen-bond donors (Lipinski definition) is 9. The summed E-state index contributed by atoms with van der Waals surface area (Å²) in [7, 11) is 0. The minimum atomic E-state index is -1.76. The topological polar surface area (TPSA) is 461 Å². The van der Waals surface area contributed by atoms with Crippen LogP contribution in [0.5, 0.6) is 46.0 Å². The maximum atomic E-state index is 13.3. The number of nitrogens with one attached hydrogen (secondary N) is 8. The van der Waals surface area contributed by atoms with E-state index in [0.29, 0.717) is 184 Å². The number of rotatable bonds is 21. The second-order valence-corrected chi connectivity index (χ2v) is 38.1. The Hall–Kier alpha value is -16.3. The molecule has 16 amide bonds. The fraction of sp³-hybridized carbons (Fsp3) is 0.192. The van der Waals surface area contributed by atoms with Crippen LogP contribution in [-0.4, -0.2) is 201 Å². The van der Waals surface area contributed by atoms with Crippen molar-refractivity contribution >= 4 is 175 Å². The van der Waals surface area contributed by atoms with Crippen LogP contribution < -0.4 is 91.5 Å². The smallest absolute Gasteiger partial charge is 0.385 e. The Morgan fingerprint density at radius 1 is 0.284 bits per heavy atom. The minimum Gasteiger partial charge on any atom is -1.00 e. The Balaban J connectivity index is 0.000000141. The highest BCUT2D eigenvalue weighted by Crippen LogP contribution is 2.43. The van der Waals surface area contributed by atoms with Crippen LogP contribution in [0.3, 0.4) is 0 Å². The molecule has 0 spiro atoms. The normalized spacial score (nSPS) is 17.6. The number of anilines is 5. The van der Waals surface area contributed by atoms with E-state index in [0.717, 1.165) is 40.6 Å². The Morgan fingerprint density at radius 3 is 0.662 bits per heavy atom. The summed E-state index contributed by atoms with van der Waals surface area (Å²) in [5.74, 6) is -1.19.